The lowest BCUT2D eigenvalue weighted by Gasteiger charge is -1.99. The first-order valence-electron chi connectivity index (χ1n) is 4.54. The first kappa shape index (κ1) is 10.7. The number of hydrogen-bond acceptors (Lipinski definition) is 7. The predicted molar refractivity (Wildman–Crippen MR) is 54.9 cm³/mol. The third-order valence-corrected chi connectivity index (χ3v) is 2.60. The number of carbonyl (C=O) groups is 1. The summed E-state index contributed by atoms with van der Waals surface area (Å²) in [5.74, 6) is -0.579. The molecule has 84 valence electrons. The molecule has 2 aromatic rings. The van der Waals surface area contributed by atoms with Gasteiger partial charge in [0.2, 0.25) is 0 Å². The van der Waals surface area contributed by atoms with E-state index in [1.165, 1.54) is 16.1 Å². The summed E-state index contributed by atoms with van der Waals surface area (Å²) < 4.78 is 4.98. The topological polar surface area (TPSA) is 82.8 Å². The number of nitrogens with zero attached hydrogens (tertiary/aromatic N) is 5. The molecule has 0 aliphatic heterocycles. The maximum absolute atomic E-state index is 11.4. The molecular formula is C8H9N5O2S. The summed E-state index contributed by atoms with van der Waals surface area (Å²) in [7, 11) is 1.58. The lowest BCUT2D eigenvalue weighted by atomic mass is 10.4. The van der Waals surface area contributed by atoms with Crippen LogP contribution >= 0.6 is 11.3 Å². The van der Waals surface area contributed by atoms with Gasteiger partial charge in [-0.2, -0.15) is 4.80 Å². The molecule has 2 rings (SSSR count). The molecule has 0 saturated carbocycles. The minimum absolute atomic E-state index is 0.0215. The van der Waals surface area contributed by atoms with Gasteiger partial charge in [-0.05, 0) is 5.21 Å². The summed E-state index contributed by atoms with van der Waals surface area (Å²) in [4.78, 5) is 17.6. The second kappa shape index (κ2) is 4.79. The van der Waals surface area contributed by atoms with Gasteiger partial charge in [0, 0.05) is 17.5 Å². The normalized spacial score (nSPS) is 10.3. The van der Waals surface area contributed by atoms with Gasteiger partial charge in [0.05, 0.1) is 19.2 Å². The fourth-order valence-electron chi connectivity index (χ4n) is 1.04. The highest BCUT2D eigenvalue weighted by molar-refractivity contribution is 7.09. The van der Waals surface area contributed by atoms with Crippen molar-refractivity contribution in [3.8, 4) is 0 Å². The van der Waals surface area contributed by atoms with Gasteiger partial charge < -0.3 is 4.74 Å². The van der Waals surface area contributed by atoms with Gasteiger partial charge in [-0.1, -0.05) is 0 Å². The molecule has 7 nitrogen and oxygen atoms in total. The third kappa shape index (κ3) is 2.60. The van der Waals surface area contributed by atoms with E-state index in [1.54, 1.807) is 18.8 Å². The summed E-state index contributed by atoms with van der Waals surface area (Å²) >= 11 is 1.52. The largest absolute Gasteiger partial charge is 0.459 e. The molecule has 0 aliphatic carbocycles. The van der Waals surface area contributed by atoms with E-state index < -0.39 is 5.97 Å². The van der Waals surface area contributed by atoms with Crippen LogP contribution in [0.1, 0.15) is 15.5 Å². The Balaban J connectivity index is 1.80. The van der Waals surface area contributed by atoms with Crippen LogP contribution < -0.4 is 0 Å². The van der Waals surface area contributed by atoms with E-state index >= 15 is 0 Å². The lowest BCUT2D eigenvalue weighted by molar-refractivity contribution is 0.0495. The molecule has 0 radical (unpaired) electrons. The SMILES string of the molecule is Cn1nnc(C(=O)OCCc2cncs2)n1. The fourth-order valence-corrected chi connectivity index (χ4v) is 1.62. The zero-order valence-electron chi connectivity index (χ0n) is 8.53. The van der Waals surface area contributed by atoms with Crippen molar-refractivity contribution in [2.45, 2.75) is 6.42 Å². The van der Waals surface area contributed by atoms with Gasteiger partial charge >= 0.3 is 5.97 Å². The number of carbonyl (C=O) groups excluding carboxylic acids is 1. The van der Waals surface area contributed by atoms with Crippen LogP contribution in [0.5, 0.6) is 0 Å². The fraction of sp³-hybridized carbons (Fsp3) is 0.375. The van der Waals surface area contributed by atoms with Crippen molar-refractivity contribution in [3.63, 3.8) is 0 Å². The van der Waals surface area contributed by atoms with Crippen LogP contribution in [-0.4, -0.2) is 37.8 Å². The summed E-state index contributed by atoms with van der Waals surface area (Å²) in [6.07, 6.45) is 2.40. The van der Waals surface area contributed by atoms with Gasteiger partial charge in [-0.3, -0.25) is 4.98 Å². The Morgan fingerprint density at radius 2 is 2.50 bits per heavy atom. The highest BCUT2D eigenvalue weighted by Gasteiger charge is 2.13. The summed E-state index contributed by atoms with van der Waals surface area (Å²) in [6, 6.07) is 0. The van der Waals surface area contributed by atoms with Gasteiger partial charge in [0.1, 0.15) is 0 Å². The molecule has 2 heterocycles. The third-order valence-electron chi connectivity index (χ3n) is 1.76. The predicted octanol–water partition coefficient (Wildman–Crippen LogP) is 0.0661. The molecule has 0 N–H and O–H groups in total. The van der Waals surface area contributed by atoms with Crippen LogP contribution in [0.15, 0.2) is 11.7 Å². The molecular weight excluding hydrogens is 230 g/mol. The summed E-state index contributed by atoms with van der Waals surface area (Å²) in [6.45, 7) is 0.291. The second-order valence-electron chi connectivity index (χ2n) is 2.96. The molecule has 8 heteroatoms. The Morgan fingerprint density at radius 3 is 3.12 bits per heavy atom. The minimum atomic E-state index is -0.558. The molecule has 0 bridgehead atoms. The number of ether oxygens (including phenoxy) is 1. The van der Waals surface area contributed by atoms with E-state index in [0.717, 1.165) is 4.88 Å². The first-order valence-corrected chi connectivity index (χ1v) is 5.42. The number of aromatic nitrogens is 5. The van der Waals surface area contributed by atoms with Crippen LogP contribution in [0.25, 0.3) is 0 Å². The molecule has 0 fully saturated rings. The average molecular weight is 239 g/mol. The Labute approximate surface area is 95.1 Å². The maximum Gasteiger partial charge on any atom is 0.380 e. The molecule has 0 atom stereocenters. The van der Waals surface area contributed by atoms with Crippen LogP contribution in [0, 0.1) is 0 Å². The van der Waals surface area contributed by atoms with Gasteiger partial charge in [0.25, 0.3) is 5.82 Å². The van der Waals surface area contributed by atoms with Crippen LogP contribution in [0.4, 0.5) is 0 Å². The number of rotatable bonds is 4. The van der Waals surface area contributed by atoms with Crippen molar-refractivity contribution >= 4 is 17.3 Å². The van der Waals surface area contributed by atoms with E-state index in [-0.39, 0.29) is 5.82 Å². The van der Waals surface area contributed by atoms with Gasteiger partial charge in [-0.25, -0.2) is 4.79 Å². The van der Waals surface area contributed by atoms with Crippen LogP contribution in [-0.2, 0) is 18.2 Å². The molecule has 2 aromatic heterocycles. The van der Waals surface area contributed by atoms with Crippen molar-refractivity contribution in [3.05, 3.63) is 22.4 Å². The zero-order chi connectivity index (χ0) is 11.4. The van der Waals surface area contributed by atoms with E-state index in [9.17, 15) is 4.79 Å². The monoisotopic (exact) mass is 239 g/mol. The van der Waals surface area contributed by atoms with Crippen molar-refractivity contribution < 1.29 is 9.53 Å². The van der Waals surface area contributed by atoms with Crippen molar-refractivity contribution in [1.82, 2.24) is 25.2 Å². The number of aryl methyl sites for hydroxylation is 1. The van der Waals surface area contributed by atoms with E-state index in [2.05, 4.69) is 20.4 Å². The molecule has 16 heavy (non-hydrogen) atoms. The molecule has 0 saturated heterocycles. The first-order chi connectivity index (χ1) is 7.75. The lowest BCUT2D eigenvalue weighted by Crippen LogP contribution is -2.10. The quantitative estimate of drug-likeness (QED) is 0.702. The Morgan fingerprint density at radius 1 is 1.62 bits per heavy atom. The smallest absolute Gasteiger partial charge is 0.380 e. The zero-order valence-corrected chi connectivity index (χ0v) is 9.35. The maximum atomic E-state index is 11.4. The van der Waals surface area contributed by atoms with Gasteiger partial charge in [-0.15, -0.1) is 21.5 Å². The number of thiazole rings is 1. The van der Waals surface area contributed by atoms with Crippen molar-refractivity contribution in [2.24, 2.45) is 7.05 Å². The second-order valence-corrected chi connectivity index (χ2v) is 3.93. The highest BCUT2D eigenvalue weighted by Crippen LogP contribution is 2.06. The number of hydrogen-bond donors (Lipinski definition) is 0. The molecule has 0 amide bonds. The molecule has 0 unspecified atom stereocenters. The van der Waals surface area contributed by atoms with Crippen LogP contribution in [0.2, 0.25) is 0 Å². The Kier molecular flexibility index (Phi) is 3.20. The molecule has 0 aromatic carbocycles. The average Bonchev–Trinajstić information content (AvgIpc) is 2.89. The van der Waals surface area contributed by atoms with Gasteiger partial charge in [0.15, 0.2) is 0 Å². The summed E-state index contributed by atoms with van der Waals surface area (Å²) in [5, 5.41) is 10.8. The highest BCUT2D eigenvalue weighted by atomic mass is 32.1. The summed E-state index contributed by atoms with van der Waals surface area (Å²) in [5.41, 5.74) is 1.74. The van der Waals surface area contributed by atoms with E-state index in [1.807, 2.05) is 0 Å². The Bertz CT molecular complexity index is 466. The van der Waals surface area contributed by atoms with E-state index in [4.69, 9.17) is 4.74 Å². The molecule has 0 spiro atoms. The number of tetrazole rings is 1. The molecule has 0 aliphatic rings. The number of esters is 1. The Hall–Kier alpha value is -1.83. The minimum Gasteiger partial charge on any atom is -0.459 e. The van der Waals surface area contributed by atoms with Crippen LogP contribution in [0.3, 0.4) is 0 Å². The standard InChI is InChI=1S/C8H9N5O2S/c1-13-11-7(10-12-13)8(14)15-3-2-6-4-9-5-16-6/h4-5H,2-3H2,1H3. The van der Waals surface area contributed by atoms with E-state index in [0.29, 0.717) is 13.0 Å². The van der Waals surface area contributed by atoms with Crippen molar-refractivity contribution in [2.75, 3.05) is 6.61 Å². The van der Waals surface area contributed by atoms with Crippen molar-refractivity contribution in [1.29, 1.82) is 0 Å².